The van der Waals surface area contributed by atoms with Crippen molar-refractivity contribution in [3.63, 3.8) is 0 Å². The highest BCUT2D eigenvalue weighted by atomic mass is 28.2. The molecule has 0 rings (SSSR count). The monoisotopic (exact) mass is 153 g/mol. The van der Waals surface area contributed by atoms with Gasteiger partial charge in [-0.05, 0) is 0 Å². The molecular weight excluding hydrogens is 142 g/mol. The molecule has 5 nitrogen and oxygen atoms in total. The van der Waals surface area contributed by atoms with Crippen molar-refractivity contribution in [2.24, 2.45) is 5.73 Å². The summed E-state index contributed by atoms with van der Waals surface area (Å²) in [6.45, 7) is -0.505. The Morgan fingerprint density at radius 1 is 1.67 bits per heavy atom. The van der Waals surface area contributed by atoms with E-state index in [1.165, 1.54) is 0 Å². The average Bonchev–Trinajstić information content (AvgIpc) is 1.91. The molecule has 56 valence electrons. The fourth-order valence-electron chi connectivity index (χ4n) is 0.0781. The lowest BCUT2D eigenvalue weighted by Gasteiger charge is -1.96. The lowest BCUT2D eigenvalue weighted by Crippen LogP contribution is -2.33. The minimum Gasteiger partial charge on any atom is -0.480 e. The molecule has 1 atom stereocenters. The first-order chi connectivity index (χ1) is 4.18. The van der Waals surface area contributed by atoms with Crippen LogP contribution >= 0.6 is 0 Å². The summed E-state index contributed by atoms with van der Waals surface area (Å²) < 4.78 is 0. The van der Waals surface area contributed by atoms with Gasteiger partial charge in [-0.3, -0.25) is 4.79 Å². The van der Waals surface area contributed by atoms with Crippen LogP contribution in [0.15, 0.2) is 0 Å². The molecule has 0 aliphatic rings. The summed E-state index contributed by atoms with van der Waals surface area (Å²) in [6.07, 6.45) is 0. The number of aliphatic carboxylic acids is 1. The summed E-state index contributed by atoms with van der Waals surface area (Å²) in [5, 5.41) is 15.9. The molecule has 1 unspecified atom stereocenters. The number of carboxylic acids is 1. The molecule has 0 heterocycles. The van der Waals surface area contributed by atoms with Crippen molar-refractivity contribution >= 4 is 16.5 Å². The zero-order valence-corrected chi connectivity index (χ0v) is 7.11. The Hall–Kier alpha value is -0.433. The molecule has 0 aliphatic heterocycles. The maximum atomic E-state index is 9.65. The topological polar surface area (TPSA) is 104 Å². The fraction of sp³-hybridized carbons (Fsp3) is 0.667. The van der Waals surface area contributed by atoms with E-state index in [0.29, 0.717) is 10.5 Å². The van der Waals surface area contributed by atoms with Crippen LogP contribution in [0.2, 0.25) is 0 Å². The number of aliphatic hydroxyl groups excluding tert-OH is 1. The van der Waals surface area contributed by atoms with Crippen LogP contribution in [-0.4, -0.2) is 44.1 Å². The molecule has 0 radical (unpaired) electrons. The van der Waals surface area contributed by atoms with Gasteiger partial charge >= 0.3 is 5.97 Å². The first-order valence-electron chi connectivity index (χ1n) is 2.22. The molecule has 0 aliphatic carbocycles. The van der Waals surface area contributed by atoms with Crippen LogP contribution in [0.4, 0.5) is 0 Å². The van der Waals surface area contributed by atoms with Crippen molar-refractivity contribution in [1.29, 1.82) is 0 Å². The zero-order chi connectivity index (χ0) is 7.86. The summed E-state index contributed by atoms with van der Waals surface area (Å²) in [5.41, 5.74) is 4.77. The van der Waals surface area contributed by atoms with Gasteiger partial charge in [-0.15, -0.1) is 0 Å². The van der Waals surface area contributed by atoms with E-state index < -0.39 is 18.6 Å². The van der Waals surface area contributed by atoms with Crippen LogP contribution in [0.5, 0.6) is 0 Å². The fourth-order valence-corrected chi connectivity index (χ4v) is 0.0781. The molecule has 0 bridgehead atoms. The van der Waals surface area contributed by atoms with Gasteiger partial charge in [0.15, 0.2) is 0 Å². The lowest BCUT2D eigenvalue weighted by atomic mass is 10.3. The normalized spacial score (nSPS) is 11.4. The highest BCUT2D eigenvalue weighted by molar-refractivity contribution is 5.95. The van der Waals surface area contributed by atoms with Crippen LogP contribution < -0.4 is 5.73 Å². The number of hydrogen-bond acceptors (Lipinski definition) is 4. The first-order valence-corrected chi connectivity index (χ1v) is 3.12. The quantitative estimate of drug-likeness (QED) is 0.310. The Labute approximate surface area is 55.7 Å². The molecule has 0 aromatic carbocycles. The highest BCUT2D eigenvalue weighted by Gasteiger charge is 2.06. The van der Waals surface area contributed by atoms with E-state index in [4.69, 9.17) is 20.7 Å². The maximum absolute atomic E-state index is 9.65. The number of aliphatic hydroxyl groups is 1. The van der Waals surface area contributed by atoms with Crippen molar-refractivity contribution in [2.45, 2.75) is 6.04 Å². The van der Waals surface area contributed by atoms with E-state index in [1.807, 2.05) is 0 Å². The third-order valence-corrected chi connectivity index (χ3v) is 0.514. The lowest BCUT2D eigenvalue weighted by molar-refractivity contribution is -0.139. The molecule has 0 fully saturated rings. The predicted molar refractivity (Wildman–Crippen MR) is 34.9 cm³/mol. The highest BCUT2D eigenvalue weighted by Crippen LogP contribution is 1.71. The number of carboxylic acid groups (broad SMARTS) is 1. The molecule has 6 heteroatoms. The molecule has 0 aromatic rings. The standard InChI is InChI=1S/C3H7NO3.H4OSi/c4-2(1-5)3(6)7;1-2/h2,5H,1,4H2,(H,6,7);1H,2H3. The summed E-state index contributed by atoms with van der Waals surface area (Å²) in [5.74, 6) is -1.18. The van der Waals surface area contributed by atoms with E-state index in [-0.39, 0.29) is 0 Å². The number of carbonyl (C=O) groups is 1. The Kier molecular flexibility index (Phi) is 9.56. The van der Waals surface area contributed by atoms with Crippen LogP contribution in [0.3, 0.4) is 0 Å². The first kappa shape index (κ1) is 11.4. The van der Waals surface area contributed by atoms with Gasteiger partial charge in [-0.1, -0.05) is 0 Å². The molecule has 0 saturated carbocycles. The van der Waals surface area contributed by atoms with E-state index in [0.717, 1.165) is 0 Å². The number of hydrogen-bond donors (Lipinski definition) is 4. The van der Waals surface area contributed by atoms with Crippen molar-refractivity contribution < 1.29 is 19.8 Å². The third-order valence-electron chi connectivity index (χ3n) is 0.514. The molecule has 0 saturated heterocycles. The molecule has 9 heavy (non-hydrogen) atoms. The van der Waals surface area contributed by atoms with Gasteiger partial charge in [0.05, 0.1) is 6.61 Å². The van der Waals surface area contributed by atoms with Gasteiger partial charge in [0, 0.05) is 0 Å². The van der Waals surface area contributed by atoms with E-state index in [2.05, 4.69) is 0 Å². The number of nitrogens with two attached hydrogens (primary N) is 1. The SMILES string of the molecule is NC(CO)C(=O)O.O[SiH3]. The van der Waals surface area contributed by atoms with Gasteiger partial charge in [0.2, 0.25) is 0 Å². The van der Waals surface area contributed by atoms with E-state index in [9.17, 15) is 4.79 Å². The summed E-state index contributed by atoms with van der Waals surface area (Å²) in [4.78, 5) is 16.8. The van der Waals surface area contributed by atoms with Gasteiger partial charge < -0.3 is 20.7 Å². The second-order valence-electron chi connectivity index (χ2n) is 1.13. The van der Waals surface area contributed by atoms with Gasteiger partial charge in [-0.2, -0.15) is 0 Å². The maximum Gasteiger partial charge on any atom is 0.322 e. The summed E-state index contributed by atoms with van der Waals surface area (Å²) in [7, 11) is 0.306. The van der Waals surface area contributed by atoms with Crippen molar-refractivity contribution in [2.75, 3.05) is 6.61 Å². The van der Waals surface area contributed by atoms with Crippen LogP contribution in [0.25, 0.3) is 0 Å². The van der Waals surface area contributed by atoms with Gasteiger partial charge in [0.1, 0.15) is 16.5 Å². The smallest absolute Gasteiger partial charge is 0.322 e. The van der Waals surface area contributed by atoms with Crippen LogP contribution in [-0.2, 0) is 4.79 Å². The Balaban J connectivity index is 0. The summed E-state index contributed by atoms with van der Waals surface area (Å²) >= 11 is 0. The minimum atomic E-state index is -1.18. The van der Waals surface area contributed by atoms with Crippen molar-refractivity contribution in [3.8, 4) is 0 Å². The Morgan fingerprint density at radius 3 is 2.00 bits per heavy atom. The van der Waals surface area contributed by atoms with E-state index >= 15 is 0 Å². The Bertz CT molecular complexity index is 78.2. The predicted octanol–water partition coefficient (Wildman–Crippen LogP) is -3.35. The molecular formula is C3H11NO4Si. The van der Waals surface area contributed by atoms with E-state index in [1.54, 1.807) is 0 Å². The second kappa shape index (κ2) is 7.57. The van der Waals surface area contributed by atoms with Crippen molar-refractivity contribution in [3.05, 3.63) is 0 Å². The van der Waals surface area contributed by atoms with Gasteiger partial charge in [-0.25, -0.2) is 0 Å². The zero-order valence-electron chi connectivity index (χ0n) is 5.11. The number of rotatable bonds is 2. The Morgan fingerprint density at radius 2 is 2.00 bits per heavy atom. The van der Waals surface area contributed by atoms with Crippen molar-refractivity contribution in [1.82, 2.24) is 0 Å². The average molecular weight is 153 g/mol. The molecule has 0 aromatic heterocycles. The molecule has 0 spiro atoms. The second-order valence-corrected chi connectivity index (χ2v) is 1.13. The molecule has 5 N–H and O–H groups in total. The van der Waals surface area contributed by atoms with Crippen LogP contribution in [0.1, 0.15) is 0 Å². The van der Waals surface area contributed by atoms with Crippen LogP contribution in [0, 0.1) is 0 Å². The minimum absolute atomic E-state index is 0.306. The largest absolute Gasteiger partial charge is 0.480 e. The summed E-state index contributed by atoms with van der Waals surface area (Å²) in [6, 6.07) is -1.13. The van der Waals surface area contributed by atoms with Gasteiger partial charge in [0.25, 0.3) is 0 Å². The molecule has 0 amide bonds. The third kappa shape index (κ3) is 7.57.